The number of anilines is 1. The Bertz CT molecular complexity index is 607. The van der Waals surface area contributed by atoms with Crippen molar-refractivity contribution < 1.29 is 19.8 Å². The van der Waals surface area contributed by atoms with Gasteiger partial charge in [-0.05, 0) is 24.3 Å². The van der Waals surface area contributed by atoms with Gasteiger partial charge in [0.2, 0.25) is 5.91 Å². The third kappa shape index (κ3) is 3.09. The highest BCUT2D eigenvalue weighted by molar-refractivity contribution is 5.95. The van der Waals surface area contributed by atoms with E-state index in [0.717, 1.165) is 0 Å². The molecule has 1 amide bonds. The zero-order valence-corrected chi connectivity index (χ0v) is 9.78. The molecule has 1 aromatic carbocycles. The predicted octanol–water partition coefficient (Wildman–Crippen LogP) is 0.926. The lowest BCUT2D eigenvalue weighted by Gasteiger charge is -2.07. The molecule has 0 aliphatic heterocycles. The summed E-state index contributed by atoms with van der Waals surface area (Å²) in [4.78, 5) is 22.5. The second-order valence-electron chi connectivity index (χ2n) is 3.79. The first-order chi connectivity index (χ1) is 9.06. The van der Waals surface area contributed by atoms with Crippen LogP contribution in [0, 0.1) is 0 Å². The van der Waals surface area contributed by atoms with Crippen LogP contribution in [0.5, 0.6) is 5.75 Å². The average molecular weight is 261 g/mol. The van der Waals surface area contributed by atoms with Crippen molar-refractivity contribution in [1.29, 1.82) is 0 Å². The maximum absolute atomic E-state index is 11.7. The molecule has 0 spiro atoms. The Morgan fingerprint density at radius 1 is 1.37 bits per heavy atom. The van der Waals surface area contributed by atoms with Crippen molar-refractivity contribution in [3.05, 3.63) is 42.2 Å². The van der Waals surface area contributed by atoms with E-state index in [0.29, 0.717) is 5.69 Å². The molecule has 0 unspecified atom stereocenters. The quantitative estimate of drug-likeness (QED) is 0.710. The molecule has 1 heterocycles. The SMILES string of the molecule is O=C(Cn1cccn1)Nc1ccc(O)c(C(=O)O)c1. The van der Waals surface area contributed by atoms with Gasteiger partial charge in [0.15, 0.2) is 0 Å². The van der Waals surface area contributed by atoms with Crippen LogP contribution in [0.25, 0.3) is 0 Å². The maximum atomic E-state index is 11.7. The number of hydrogen-bond donors (Lipinski definition) is 3. The first kappa shape index (κ1) is 12.6. The van der Waals surface area contributed by atoms with Gasteiger partial charge in [0.05, 0.1) is 0 Å². The van der Waals surface area contributed by atoms with Crippen LogP contribution >= 0.6 is 0 Å². The lowest BCUT2D eigenvalue weighted by atomic mass is 10.2. The molecule has 0 saturated carbocycles. The number of benzene rings is 1. The van der Waals surface area contributed by atoms with Crippen molar-refractivity contribution in [3.63, 3.8) is 0 Å². The Kier molecular flexibility index (Phi) is 3.46. The largest absolute Gasteiger partial charge is 0.507 e. The molecule has 2 rings (SSSR count). The van der Waals surface area contributed by atoms with Gasteiger partial charge in [-0.15, -0.1) is 0 Å². The molecule has 7 nitrogen and oxygen atoms in total. The van der Waals surface area contributed by atoms with Crippen LogP contribution in [0.15, 0.2) is 36.7 Å². The molecule has 3 N–H and O–H groups in total. The van der Waals surface area contributed by atoms with E-state index in [-0.39, 0.29) is 23.8 Å². The minimum Gasteiger partial charge on any atom is -0.507 e. The predicted molar refractivity (Wildman–Crippen MR) is 65.9 cm³/mol. The Hall–Kier alpha value is -2.83. The molecule has 7 heteroatoms. The first-order valence-corrected chi connectivity index (χ1v) is 5.40. The number of amides is 1. The van der Waals surface area contributed by atoms with E-state index in [1.54, 1.807) is 18.5 Å². The molecule has 0 saturated heterocycles. The first-order valence-electron chi connectivity index (χ1n) is 5.40. The number of carboxylic acid groups (broad SMARTS) is 1. The number of nitrogens with zero attached hydrogens (tertiary/aromatic N) is 2. The van der Waals surface area contributed by atoms with E-state index in [4.69, 9.17) is 5.11 Å². The summed E-state index contributed by atoms with van der Waals surface area (Å²) in [6.45, 7) is 0.0241. The number of nitrogens with one attached hydrogen (secondary N) is 1. The number of aromatic carboxylic acids is 1. The molecule has 2 aromatic rings. The summed E-state index contributed by atoms with van der Waals surface area (Å²) in [7, 11) is 0. The molecule has 1 aromatic heterocycles. The van der Waals surface area contributed by atoms with Gasteiger partial charge in [0.25, 0.3) is 0 Å². The molecule has 0 aliphatic rings. The summed E-state index contributed by atoms with van der Waals surface area (Å²) in [5, 5.41) is 24.6. The summed E-state index contributed by atoms with van der Waals surface area (Å²) in [5.74, 6) is -1.95. The zero-order chi connectivity index (χ0) is 13.8. The Morgan fingerprint density at radius 3 is 2.79 bits per heavy atom. The maximum Gasteiger partial charge on any atom is 0.339 e. The zero-order valence-electron chi connectivity index (χ0n) is 9.78. The van der Waals surface area contributed by atoms with E-state index in [2.05, 4.69) is 10.4 Å². The van der Waals surface area contributed by atoms with Gasteiger partial charge in [-0.3, -0.25) is 9.48 Å². The molecular formula is C12H11N3O4. The van der Waals surface area contributed by atoms with E-state index in [1.165, 1.54) is 22.9 Å². The van der Waals surface area contributed by atoms with Crippen LogP contribution < -0.4 is 5.32 Å². The van der Waals surface area contributed by atoms with Crippen molar-refractivity contribution in [2.24, 2.45) is 0 Å². The highest BCUT2D eigenvalue weighted by Gasteiger charge is 2.11. The van der Waals surface area contributed by atoms with Gasteiger partial charge in [-0.2, -0.15) is 5.10 Å². The monoisotopic (exact) mass is 261 g/mol. The van der Waals surface area contributed by atoms with Gasteiger partial charge < -0.3 is 15.5 Å². The molecule has 19 heavy (non-hydrogen) atoms. The van der Waals surface area contributed by atoms with E-state index >= 15 is 0 Å². The summed E-state index contributed by atoms with van der Waals surface area (Å²) in [5.41, 5.74) is 0.0317. The van der Waals surface area contributed by atoms with Gasteiger partial charge >= 0.3 is 5.97 Å². The van der Waals surface area contributed by atoms with Crippen LogP contribution in [0.1, 0.15) is 10.4 Å². The highest BCUT2D eigenvalue weighted by atomic mass is 16.4. The number of hydrogen-bond acceptors (Lipinski definition) is 4. The highest BCUT2D eigenvalue weighted by Crippen LogP contribution is 2.21. The fraction of sp³-hybridized carbons (Fsp3) is 0.0833. The number of rotatable bonds is 4. The second kappa shape index (κ2) is 5.21. The summed E-state index contributed by atoms with van der Waals surface area (Å²) in [6, 6.07) is 5.52. The topological polar surface area (TPSA) is 104 Å². The number of carboxylic acids is 1. The molecule has 0 fully saturated rings. The van der Waals surface area contributed by atoms with Crippen molar-refractivity contribution >= 4 is 17.6 Å². The van der Waals surface area contributed by atoms with Gasteiger partial charge in [-0.1, -0.05) is 0 Å². The van der Waals surface area contributed by atoms with Crippen LogP contribution in [0.2, 0.25) is 0 Å². The molecule has 0 radical (unpaired) electrons. The third-order valence-corrected chi connectivity index (χ3v) is 2.38. The average Bonchev–Trinajstić information content (AvgIpc) is 2.84. The van der Waals surface area contributed by atoms with Crippen LogP contribution in [-0.2, 0) is 11.3 Å². The number of aromatic hydroxyl groups is 1. The molecule has 0 bridgehead atoms. The van der Waals surface area contributed by atoms with Crippen molar-refractivity contribution in [2.75, 3.05) is 5.32 Å². The van der Waals surface area contributed by atoms with Crippen LogP contribution in [0.3, 0.4) is 0 Å². The van der Waals surface area contributed by atoms with Gasteiger partial charge in [0.1, 0.15) is 17.9 Å². The summed E-state index contributed by atoms with van der Waals surface area (Å²) >= 11 is 0. The van der Waals surface area contributed by atoms with Crippen LogP contribution in [-0.4, -0.2) is 31.9 Å². The fourth-order valence-electron chi connectivity index (χ4n) is 1.53. The molecule has 0 atom stereocenters. The Morgan fingerprint density at radius 2 is 2.16 bits per heavy atom. The smallest absolute Gasteiger partial charge is 0.339 e. The molecular weight excluding hydrogens is 250 g/mol. The van der Waals surface area contributed by atoms with E-state index < -0.39 is 5.97 Å². The molecule has 0 aliphatic carbocycles. The number of carbonyl (C=O) groups is 2. The van der Waals surface area contributed by atoms with Gasteiger partial charge in [0, 0.05) is 18.1 Å². The molecule has 98 valence electrons. The minimum atomic E-state index is -1.26. The second-order valence-corrected chi connectivity index (χ2v) is 3.79. The number of phenols is 1. The van der Waals surface area contributed by atoms with E-state index in [9.17, 15) is 14.7 Å². The Labute approximate surface area is 108 Å². The Balaban J connectivity index is 2.09. The van der Waals surface area contributed by atoms with Crippen LogP contribution in [0.4, 0.5) is 5.69 Å². The standard InChI is InChI=1S/C12H11N3O4/c16-10-3-2-8(6-9(10)12(18)19)14-11(17)7-15-5-1-4-13-15/h1-6,16H,7H2,(H,14,17)(H,18,19). The van der Waals surface area contributed by atoms with E-state index in [1.807, 2.05) is 0 Å². The van der Waals surface area contributed by atoms with Gasteiger partial charge in [-0.25, -0.2) is 4.79 Å². The lowest BCUT2D eigenvalue weighted by molar-refractivity contribution is -0.116. The van der Waals surface area contributed by atoms with Crippen molar-refractivity contribution in [1.82, 2.24) is 9.78 Å². The summed E-state index contributed by atoms with van der Waals surface area (Å²) < 4.78 is 1.44. The fourth-order valence-corrected chi connectivity index (χ4v) is 1.53. The van der Waals surface area contributed by atoms with Crippen molar-refractivity contribution in [3.8, 4) is 5.75 Å². The summed E-state index contributed by atoms with van der Waals surface area (Å²) in [6.07, 6.45) is 3.19. The third-order valence-electron chi connectivity index (χ3n) is 2.38. The van der Waals surface area contributed by atoms with Crippen molar-refractivity contribution in [2.45, 2.75) is 6.54 Å². The lowest BCUT2D eigenvalue weighted by Crippen LogP contribution is -2.19. The minimum absolute atomic E-state index is 0.0241. The number of aromatic nitrogens is 2. The number of carbonyl (C=O) groups excluding carboxylic acids is 1. The normalized spacial score (nSPS) is 10.1.